The van der Waals surface area contributed by atoms with Crippen LogP contribution in [0.4, 0.5) is 0 Å². The zero-order valence-corrected chi connectivity index (χ0v) is 12.1. The van der Waals surface area contributed by atoms with Crippen molar-refractivity contribution in [2.45, 2.75) is 6.92 Å². The smallest absolute Gasteiger partial charge is 0.265 e. The lowest BCUT2D eigenvalue weighted by molar-refractivity contribution is -0.139. The van der Waals surface area contributed by atoms with Crippen molar-refractivity contribution in [1.82, 2.24) is 15.8 Å². The molecule has 7 nitrogen and oxygen atoms in total. The minimum Gasteiger partial charge on any atom is -0.347 e. The van der Waals surface area contributed by atoms with Gasteiger partial charge in [-0.2, -0.15) is 0 Å². The molecule has 3 amide bonds. The Labute approximate surface area is 128 Å². The molecule has 0 radical (unpaired) electrons. The van der Waals surface area contributed by atoms with Crippen LogP contribution in [0.2, 0.25) is 0 Å². The second kappa shape index (κ2) is 9.06. The first-order chi connectivity index (χ1) is 10.5. The van der Waals surface area contributed by atoms with Gasteiger partial charge in [0.2, 0.25) is 5.91 Å². The fourth-order valence-electron chi connectivity index (χ4n) is 1.48. The fourth-order valence-corrected chi connectivity index (χ4v) is 1.48. The Morgan fingerprint density at radius 2 is 1.86 bits per heavy atom. The number of rotatable bonds is 6. The number of aldehydes is 1. The van der Waals surface area contributed by atoms with Crippen molar-refractivity contribution in [2.24, 2.45) is 0 Å². The SMILES string of the molecule is CC(=O)NCC(=O)NN(CC=O)C(=O)/C=C/c1ccccc1. The Morgan fingerprint density at radius 1 is 1.18 bits per heavy atom. The fraction of sp³-hybridized carbons (Fsp3) is 0.200. The molecule has 0 fully saturated rings. The van der Waals surface area contributed by atoms with Gasteiger partial charge in [0.15, 0.2) is 0 Å². The Bertz CT molecular complexity index is 569. The van der Waals surface area contributed by atoms with Crippen molar-refractivity contribution in [1.29, 1.82) is 0 Å². The highest BCUT2D eigenvalue weighted by Gasteiger charge is 2.13. The Kier molecular flexibility index (Phi) is 7.04. The number of hydrazine groups is 1. The molecule has 0 saturated carbocycles. The predicted molar refractivity (Wildman–Crippen MR) is 80.1 cm³/mol. The van der Waals surface area contributed by atoms with Gasteiger partial charge >= 0.3 is 0 Å². The monoisotopic (exact) mass is 303 g/mol. The molecule has 0 atom stereocenters. The standard InChI is InChI=1S/C15H17N3O4/c1-12(20)16-11-14(21)17-18(9-10-19)15(22)8-7-13-5-3-2-4-6-13/h2-8,10H,9,11H2,1H3,(H,16,20)(H,17,21)/b8-7+. The lowest BCUT2D eigenvalue weighted by Gasteiger charge is -2.19. The molecule has 0 aromatic heterocycles. The van der Waals surface area contributed by atoms with Crippen molar-refractivity contribution in [3.05, 3.63) is 42.0 Å². The maximum absolute atomic E-state index is 12.0. The van der Waals surface area contributed by atoms with Gasteiger partial charge in [0.25, 0.3) is 11.8 Å². The van der Waals surface area contributed by atoms with Crippen LogP contribution in [0.5, 0.6) is 0 Å². The summed E-state index contributed by atoms with van der Waals surface area (Å²) in [6.07, 6.45) is 3.31. The van der Waals surface area contributed by atoms with Gasteiger partial charge in [-0.25, -0.2) is 5.01 Å². The van der Waals surface area contributed by atoms with Crippen molar-refractivity contribution < 1.29 is 19.2 Å². The van der Waals surface area contributed by atoms with E-state index in [1.54, 1.807) is 6.08 Å². The molecule has 0 aliphatic carbocycles. The van der Waals surface area contributed by atoms with E-state index in [1.165, 1.54) is 13.0 Å². The van der Waals surface area contributed by atoms with E-state index < -0.39 is 11.8 Å². The van der Waals surface area contributed by atoms with E-state index in [0.29, 0.717) is 6.29 Å². The van der Waals surface area contributed by atoms with Crippen molar-refractivity contribution in [2.75, 3.05) is 13.1 Å². The normalized spacial score (nSPS) is 10.0. The molecule has 22 heavy (non-hydrogen) atoms. The molecular weight excluding hydrogens is 286 g/mol. The number of carbonyl (C=O) groups excluding carboxylic acids is 4. The van der Waals surface area contributed by atoms with Crippen LogP contribution < -0.4 is 10.7 Å². The van der Waals surface area contributed by atoms with Gasteiger partial charge in [0, 0.05) is 13.0 Å². The second-order valence-electron chi connectivity index (χ2n) is 4.30. The van der Waals surface area contributed by atoms with Crippen molar-refractivity contribution >= 4 is 30.1 Å². The summed E-state index contributed by atoms with van der Waals surface area (Å²) in [5.74, 6) is -1.52. The van der Waals surface area contributed by atoms with Crippen LogP contribution in [-0.2, 0) is 19.2 Å². The summed E-state index contributed by atoms with van der Waals surface area (Å²) in [7, 11) is 0. The molecule has 1 rings (SSSR count). The number of nitrogens with zero attached hydrogens (tertiary/aromatic N) is 1. The van der Waals surface area contributed by atoms with E-state index in [4.69, 9.17) is 0 Å². The van der Waals surface area contributed by atoms with Gasteiger partial charge in [-0.15, -0.1) is 0 Å². The largest absolute Gasteiger partial charge is 0.347 e. The molecule has 1 aromatic carbocycles. The van der Waals surface area contributed by atoms with Crippen molar-refractivity contribution in [3.63, 3.8) is 0 Å². The van der Waals surface area contributed by atoms with Crippen LogP contribution in [0.3, 0.4) is 0 Å². The molecule has 0 heterocycles. The number of nitrogens with one attached hydrogen (secondary N) is 2. The lowest BCUT2D eigenvalue weighted by atomic mass is 10.2. The molecule has 7 heteroatoms. The van der Waals surface area contributed by atoms with E-state index in [-0.39, 0.29) is 19.0 Å². The summed E-state index contributed by atoms with van der Waals surface area (Å²) in [5, 5.41) is 3.17. The van der Waals surface area contributed by atoms with E-state index >= 15 is 0 Å². The minimum absolute atomic E-state index is 0.277. The third-order valence-electron chi connectivity index (χ3n) is 2.50. The average molecular weight is 303 g/mol. The Balaban J connectivity index is 2.63. The summed E-state index contributed by atoms with van der Waals surface area (Å²) in [6, 6.07) is 9.11. The van der Waals surface area contributed by atoms with Gasteiger partial charge in [-0.3, -0.25) is 19.8 Å². The van der Waals surface area contributed by atoms with E-state index in [1.807, 2.05) is 30.3 Å². The van der Waals surface area contributed by atoms with Crippen LogP contribution in [0.1, 0.15) is 12.5 Å². The maximum atomic E-state index is 12.0. The molecule has 0 spiro atoms. The highest BCUT2D eigenvalue weighted by Crippen LogP contribution is 2.01. The summed E-state index contributed by atoms with van der Waals surface area (Å²) in [6.45, 7) is 0.703. The molecule has 0 unspecified atom stereocenters. The predicted octanol–water partition coefficient (Wildman–Crippen LogP) is -0.105. The minimum atomic E-state index is -0.599. The Morgan fingerprint density at radius 3 is 2.45 bits per heavy atom. The summed E-state index contributed by atoms with van der Waals surface area (Å²) >= 11 is 0. The second-order valence-corrected chi connectivity index (χ2v) is 4.30. The molecule has 0 aliphatic heterocycles. The third kappa shape index (κ3) is 6.47. The first-order valence-corrected chi connectivity index (χ1v) is 6.55. The summed E-state index contributed by atoms with van der Waals surface area (Å²) in [5.41, 5.74) is 3.07. The van der Waals surface area contributed by atoms with Gasteiger partial charge in [-0.1, -0.05) is 30.3 Å². The van der Waals surface area contributed by atoms with Crippen LogP contribution in [0.25, 0.3) is 6.08 Å². The molecule has 0 bridgehead atoms. The van der Waals surface area contributed by atoms with Crippen molar-refractivity contribution in [3.8, 4) is 0 Å². The highest BCUT2D eigenvalue weighted by atomic mass is 16.2. The summed E-state index contributed by atoms with van der Waals surface area (Å²) in [4.78, 5) is 44.8. The van der Waals surface area contributed by atoms with Crippen LogP contribution in [0, 0.1) is 0 Å². The molecule has 2 N–H and O–H groups in total. The van der Waals surface area contributed by atoms with Gasteiger partial charge in [0.1, 0.15) is 6.29 Å². The quantitative estimate of drug-likeness (QED) is 0.435. The van der Waals surface area contributed by atoms with Crippen LogP contribution >= 0.6 is 0 Å². The Hall–Kier alpha value is -2.96. The van der Waals surface area contributed by atoms with E-state index in [2.05, 4.69) is 10.7 Å². The average Bonchev–Trinajstić information content (AvgIpc) is 2.51. The highest BCUT2D eigenvalue weighted by molar-refractivity contribution is 5.94. The number of hydrogen-bond donors (Lipinski definition) is 2. The first kappa shape index (κ1) is 17.1. The molecular formula is C15H17N3O4. The zero-order chi connectivity index (χ0) is 16.4. The topological polar surface area (TPSA) is 95.6 Å². The van der Waals surface area contributed by atoms with Crippen LogP contribution in [-0.4, -0.2) is 42.1 Å². The first-order valence-electron chi connectivity index (χ1n) is 6.55. The molecule has 0 aliphatic rings. The van der Waals surface area contributed by atoms with Crippen LogP contribution in [0.15, 0.2) is 36.4 Å². The number of carbonyl (C=O) groups is 4. The molecule has 1 aromatic rings. The maximum Gasteiger partial charge on any atom is 0.265 e. The van der Waals surface area contributed by atoms with E-state index in [9.17, 15) is 19.2 Å². The molecule has 0 saturated heterocycles. The zero-order valence-electron chi connectivity index (χ0n) is 12.1. The molecule has 116 valence electrons. The van der Waals surface area contributed by atoms with Gasteiger partial charge < -0.3 is 10.1 Å². The van der Waals surface area contributed by atoms with Gasteiger partial charge in [0.05, 0.1) is 13.1 Å². The third-order valence-corrected chi connectivity index (χ3v) is 2.50. The number of amides is 3. The number of benzene rings is 1. The lowest BCUT2D eigenvalue weighted by Crippen LogP contribution is -2.49. The number of hydrogen-bond acceptors (Lipinski definition) is 4. The van der Waals surface area contributed by atoms with E-state index in [0.717, 1.165) is 10.6 Å². The van der Waals surface area contributed by atoms with Gasteiger partial charge in [-0.05, 0) is 11.6 Å². The summed E-state index contributed by atoms with van der Waals surface area (Å²) < 4.78 is 0.